The highest BCUT2D eigenvalue weighted by Gasteiger charge is 2.47. The van der Waals surface area contributed by atoms with Crippen molar-refractivity contribution in [3.63, 3.8) is 0 Å². The number of amides is 2. The van der Waals surface area contributed by atoms with Crippen molar-refractivity contribution in [1.82, 2.24) is 19.7 Å². The molecule has 4 rings (SSSR count). The summed E-state index contributed by atoms with van der Waals surface area (Å²) in [5.74, 6) is 0.430. The number of hydrogen-bond donors (Lipinski definition) is 1. The van der Waals surface area contributed by atoms with Crippen LogP contribution in [0.1, 0.15) is 30.6 Å². The summed E-state index contributed by atoms with van der Waals surface area (Å²) in [6.07, 6.45) is -0.100. The molecule has 0 bridgehead atoms. The Morgan fingerprint density at radius 2 is 1.97 bits per heavy atom. The zero-order valence-corrected chi connectivity index (χ0v) is 19.6. The Labute approximate surface area is 191 Å². The number of carbonyl (C=O) groups is 2. The first-order valence-corrected chi connectivity index (χ1v) is 11.0. The number of fused-ring (bicyclic) bond motifs is 2. The van der Waals surface area contributed by atoms with E-state index in [4.69, 9.17) is 27.9 Å². The maximum atomic E-state index is 13.7. The molecule has 9 nitrogen and oxygen atoms in total. The average molecular weight is 472 g/mol. The molecule has 2 fully saturated rings. The van der Waals surface area contributed by atoms with Gasteiger partial charge in [-0.1, -0.05) is 23.2 Å². The van der Waals surface area contributed by atoms with Crippen LogP contribution in [0.5, 0.6) is 5.75 Å². The number of nitrogens with zero attached hydrogens (tertiary/aromatic N) is 5. The van der Waals surface area contributed by atoms with Crippen LogP contribution in [-0.2, 0) is 0 Å². The summed E-state index contributed by atoms with van der Waals surface area (Å²) in [5.41, 5.74) is -0.0109. The zero-order valence-electron chi connectivity index (χ0n) is 18.1. The van der Waals surface area contributed by atoms with Crippen molar-refractivity contribution < 1.29 is 19.4 Å². The molecule has 0 spiro atoms. The van der Waals surface area contributed by atoms with E-state index >= 15 is 0 Å². The van der Waals surface area contributed by atoms with E-state index in [0.29, 0.717) is 17.9 Å². The minimum absolute atomic E-state index is 0.0827. The maximum Gasteiger partial charge on any atom is 0.407 e. The molecule has 0 aromatic carbocycles. The van der Waals surface area contributed by atoms with Crippen LogP contribution in [0.4, 0.5) is 10.6 Å². The summed E-state index contributed by atoms with van der Waals surface area (Å²) in [5, 5.41) is 9.54. The van der Waals surface area contributed by atoms with Crippen LogP contribution >= 0.6 is 23.2 Å². The van der Waals surface area contributed by atoms with Crippen LogP contribution < -0.4 is 9.64 Å². The van der Waals surface area contributed by atoms with Gasteiger partial charge in [0, 0.05) is 32.2 Å². The lowest BCUT2D eigenvalue weighted by molar-refractivity contribution is 0.0390. The molecule has 1 unspecified atom stereocenters. The number of carbonyl (C=O) groups excluding carboxylic acids is 1. The van der Waals surface area contributed by atoms with Crippen molar-refractivity contribution in [2.24, 2.45) is 0 Å². The lowest BCUT2D eigenvalue weighted by Gasteiger charge is -2.41. The fourth-order valence-corrected chi connectivity index (χ4v) is 5.49. The Morgan fingerprint density at radius 3 is 2.58 bits per heavy atom. The van der Waals surface area contributed by atoms with Gasteiger partial charge in [-0.15, -0.1) is 0 Å². The SMILES string of the molecule is CN(C)C1CCN(c2nc(Cl)c(Cl)c3c2C(=O)N2CCN(C(=O)O)C[C@@H]2CO3)C1(C)C. The Bertz CT molecular complexity index is 925. The summed E-state index contributed by atoms with van der Waals surface area (Å²) >= 11 is 12.8. The Kier molecular flexibility index (Phi) is 5.64. The third-order valence-electron chi connectivity index (χ3n) is 6.70. The first-order chi connectivity index (χ1) is 14.5. The monoisotopic (exact) mass is 471 g/mol. The van der Waals surface area contributed by atoms with Crippen molar-refractivity contribution in [3.05, 3.63) is 15.7 Å². The number of hydrogen-bond acceptors (Lipinski definition) is 6. The van der Waals surface area contributed by atoms with Gasteiger partial charge in [-0.2, -0.15) is 0 Å². The molecule has 2 atom stereocenters. The van der Waals surface area contributed by atoms with Gasteiger partial charge in [0.05, 0.1) is 11.6 Å². The second-order valence-electron chi connectivity index (χ2n) is 9.01. The summed E-state index contributed by atoms with van der Waals surface area (Å²) in [4.78, 5) is 36.9. The molecule has 0 saturated carbocycles. The number of rotatable bonds is 2. The minimum Gasteiger partial charge on any atom is -0.489 e. The number of pyridine rings is 1. The van der Waals surface area contributed by atoms with E-state index in [1.807, 2.05) is 14.1 Å². The van der Waals surface area contributed by atoms with Gasteiger partial charge in [0.2, 0.25) is 0 Å². The summed E-state index contributed by atoms with van der Waals surface area (Å²) in [7, 11) is 4.08. The molecular formula is C20H27Cl2N5O4. The van der Waals surface area contributed by atoms with Crippen molar-refractivity contribution in [1.29, 1.82) is 0 Å². The molecule has 11 heteroatoms. The molecule has 1 N–H and O–H groups in total. The smallest absolute Gasteiger partial charge is 0.407 e. The molecule has 1 aromatic rings. The van der Waals surface area contributed by atoms with E-state index in [-0.39, 0.29) is 59.7 Å². The van der Waals surface area contributed by atoms with Gasteiger partial charge in [0.15, 0.2) is 10.9 Å². The Morgan fingerprint density at radius 1 is 1.26 bits per heavy atom. The largest absolute Gasteiger partial charge is 0.489 e. The molecule has 3 aliphatic rings. The van der Waals surface area contributed by atoms with Crippen LogP contribution in [0.2, 0.25) is 10.2 Å². The van der Waals surface area contributed by atoms with E-state index in [1.54, 1.807) is 4.90 Å². The van der Waals surface area contributed by atoms with E-state index < -0.39 is 12.1 Å². The van der Waals surface area contributed by atoms with E-state index in [0.717, 1.165) is 6.42 Å². The maximum absolute atomic E-state index is 13.7. The molecule has 0 radical (unpaired) electrons. The van der Waals surface area contributed by atoms with Gasteiger partial charge in [0.25, 0.3) is 5.91 Å². The number of likely N-dealkylation sites (N-methyl/N-ethyl adjacent to an activating group) is 1. The molecule has 0 aliphatic carbocycles. The fraction of sp³-hybridized carbons (Fsp3) is 0.650. The van der Waals surface area contributed by atoms with Crippen molar-refractivity contribution >= 4 is 41.0 Å². The van der Waals surface area contributed by atoms with Crippen molar-refractivity contribution in [2.45, 2.75) is 37.9 Å². The standard InChI is InChI=1S/C20H27Cl2N5O4/c1-20(2)12(24(3)4)5-6-27(20)17-13-15(14(21)16(22)23-17)31-10-11-9-25(19(29)30)7-8-26(11)18(13)28/h11-12H,5-10H2,1-4H3,(H,29,30)/t11-,12?/m1/s1. The van der Waals surface area contributed by atoms with Crippen LogP contribution in [0, 0.1) is 0 Å². The Hall–Kier alpha value is -1.97. The number of aromatic nitrogens is 1. The number of piperazine rings is 1. The van der Waals surface area contributed by atoms with Gasteiger partial charge < -0.3 is 29.4 Å². The second kappa shape index (κ2) is 7.86. The van der Waals surface area contributed by atoms with Gasteiger partial charge in [0.1, 0.15) is 23.0 Å². The van der Waals surface area contributed by atoms with E-state index in [1.165, 1.54) is 4.90 Å². The lowest BCUT2D eigenvalue weighted by atomic mass is 9.94. The molecule has 4 heterocycles. The van der Waals surface area contributed by atoms with Crippen LogP contribution in [0.25, 0.3) is 0 Å². The molecule has 1 aromatic heterocycles. The molecule has 2 amide bonds. The van der Waals surface area contributed by atoms with E-state index in [2.05, 4.69) is 28.6 Å². The van der Waals surface area contributed by atoms with Crippen molar-refractivity contribution in [3.8, 4) is 5.75 Å². The predicted octanol–water partition coefficient (Wildman–Crippen LogP) is 2.50. The molecule has 2 saturated heterocycles. The topological polar surface area (TPSA) is 89.5 Å². The summed E-state index contributed by atoms with van der Waals surface area (Å²) in [6, 6.07) is -0.151. The molecule has 170 valence electrons. The van der Waals surface area contributed by atoms with Gasteiger partial charge >= 0.3 is 6.09 Å². The van der Waals surface area contributed by atoms with Gasteiger partial charge in [-0.05, 0) is 34.4 Å². The normalized spacial score (nSPS) is 25.3. The minimum atomic E-state index is -1.01. The van der Waals surface area contributed by atoms with Crippen LogP contribution in [0.15, 0.2) is 0 Å². The predicted molar refractivity (Wildman–Crippen MR) is 118 cm³/mol. The zero-order chi connectivity index (χ0) is 22.7. The molecular weight excluding hydrogens is 445 g/mol. The highest BCUT2D eigenvalue weighted by molar-refractivity contribution is 6.42. The molecule has 31 heavy (non-hydrogen) atoms. The third kappa shape index (κ3) is 3.56. The lowest BCUT2D eigenvalue weighted by Crippen LogP contribution is -2.57. The third-order valence-corrected chi connectivity index (χ3v) is 7.42. The van der Waals surface area contributed by atoms with E-state index in [9.17, 15) is 14.7 Å². The fourth-order valence-electron chi connectivity index (χ4n) is 5.13. The number of halogens is 2. The highest BCUT2D eigenvalue weighted by Crippen LogP contribution is 2.45. The number of ether oxygens (including phenoxy) is 1. The second-order valence-corrected chi connectivity index (χ2v) is 9.75. The average Bonchev–Trinajstić information content (AvgIpc) is 2.94. The molecule has 3 aliphatic heterocycles. The first-order valence-electron chi connectivity index (χ1n) is 10.3. The number of carboxylic acid groups (broad SMARTS) is 1. The summed E-state index contributed by atoms with van der Waals surface area (Å²) in [6.45, 7) is 5.79. The van der Waals surface area contributed by atoms with Crippen LogP contribution in [0.3, 0.4) is 0 Å². The van der Waals surface area contributed by atoms with Crippen molar-refractivity contribution in [2.75, 3.05) is 51.8 Å². The van der Waals surface area contributed by atoms with Gasteiger partial charge in [-0.25, -0.2) is 9.78 Å². The van der Waals surface area contributed by atoms with Gasteiger partial charge in [-0.3, -0.25) is 4.79 Å². The summed E-state index contributed by atoms with van der Waals surface area (Å²) < 4.78 is 6.00. The quantitative estimate of drug-likeness (QED) is 0.662. The Balaban J connectivity index is 1.79. The highest BCUT2D eigenvalue weighted by atomic mass is 35.5. The first kappa shape index (κ1) is 22.2. The number of anilines is 1. The van der Waals surface area contributed by atoms with Crippen LogP contribution in [-0.4, -0.2) is 101 Å².